The molecule has 5 aromatic carbocycles. The van der Waals surface area contributed by atoms with Crippen LogP contribution in [0.15, 0.2) is 103 Å². The second-order valence-corrected chi connectivity index (χ2v) is 20.5. The third-order valence-corrected chi connectivity index (χ3v) is 16.0. The van der Waals surface area contributed by atoms with Crippen molar-refractivity contribution < 1.29 is 28.6 Å². The van der Waals surface area contributed by atoms with Crippen molar-refractivity contribution in [1.82, 2.24) is 10.6 Å². The molecule has 8 nitrogen and oxygen atoms in total. The number of methoxy groups -OCH3 is 3. The van der Waals surface area contributed by atoms with Gasteiger partial charge in [0, 0.05) is 49.6 Å². The quantitative estimate of drug-likeness (QED) is 0.150. The summed E-state index contributed by atoms with van der Waals surface area (Å²) < 4.78 is 15.6. The number of carbonyl (C=O) groups excluding carboxylic acids is 3. The fraction of sp³-hybridized carbons (Fsp3) is 0.389. The van der Waals surface area contributed by atoms with E-state index in [9.17, 15) is 14.4 Å². The van der Waals surface area contributed by atoms with Gasteiger partial charge in [0.2, 0.25) is 11.8 Å². The second kappa shape index (κ2) is 21.9. The number of amides is 2. The average molecular weight is 1010 g/mol. The molecule has 2 N–H and O–H groups in total. The molecule has 2 aliphatic carbocycles. The van der Waals surface area contributed by atoms with Crippen molar-refractivity contribution in [2.24, 2.45) is 35.5 Å². The monoisotopic (exact) mass is 1000 g/mol. The van der Waals surface area contributed by atoms with Crippen molar-refractivity contribution in [2.75, 3.05) is 21.3 Å². The second-order valence-electron chi connectivity index (χ2n) is 18.4. The molecule has 9 rings (SSSR count). The van der Waals surface area contributed by atoms with Crippen LogP contribution in [0.5, 0.6) is 17.2 Å². The Hall–Kier alpha value is -4.44. The molecular weight excluding hydrogens is 950 g/mol. The third kappa shape index (κ3) is 10.7. The van der Waals surface area contributed by atoms with Crippen molar-refractivity contribution in [3.8, 4) is 17.2 Å². The van der Waals surface area contributed by atoms with E-state index < -0.39 is 0 Å². The van der Waals surface area contributed by atoms with E-state index in [1.54, 1.807) is 39.5 Å². The molecule has 0 bridgehead atoms. The average Bonchev–Trinajstić information content (AvgIpc) is 3.79. The van der Waals surface area contributed by atoms with Gasteiger partial charge < -0.3 is 24.8 Å². The molecule has 12 atom stereocenters. The molecule has 67 heavy (non-hydrogen) atoms. The van der Waals surface area contributed by atoms with Gasteiger partial charge in [-0.2, -0.15) is 0 Å². The van der Waals surface area contributed by atoms with Crippen LogP contribution in [0.1, 0.15) is 96.8 Å². The number of fused-ring (bicyclic) bond motifs is 2. The smallest absolute Gasteiger partial charge is 0.223 e. The summed E-state index contributed by atoms with van der Waals surface area (Å²) in [5, 5.41) is 9.67. The lowest BCUT2D eigenvalue weighted by Crippen LogP contribution is -2.39. The fourth-order valence-corrected chi connectivity index (χ4v) is 12.7. The first-order valence-electron chi connectivity index (χ1n) is 22.7. The molecular formula is C54H57Cl5N2O6. The molecule has 354 valence electrons. The third-order valence-electron chi connectivity index (χ3n) is 14.6. The Morgan fingerprint density at radius 2 is 0.851 bits per heavy atom. The number of rotatable bonds is 8. The van der Waals surface area contributed by atoms with E-state index >= 15 is 0 Å². The van der Waals surface area contributed by atoms with Gasteiger partial charge in [0.1, 0.15) is 17.2 Å². The number of carbonyl (C=O) groups is 3. The molecule has 2 saturated heterocycles. The predicted molar refractivity (Wildman–Crippen MR) is 270 cm³/mol. The van der Waals surface area contributed by atoms with Crippen LogP contribution in [0.3, 0.4) is 0 Å². The number of aldehydes is 1. The predicted octanol–water partition coefficient (Wildman–Crippen LogP) is 13.5. The van der Waals surface area contributed by atoms with Gasteiger partial charge in [-0.25, -0.2) is 0 Å². The summed E-state index contributed by atoms with van der Waals surface area (Å²) in [6, 6.07) is 33.2. The van der Waals surface area contributed by atoms with E-state index in [-0.39, 0.29) is 71.2 Å². The highest BCUT2D eigenvalue weighted by Gasteiger charge is 2.55. The first kappa shape index (κ1) is 50.4. The summed E-state index contributed by atoms with van der Waals surface area (Å²) in [6.07, 6.45) is 2.54. The maximum Gasteiger partial charge on any atom is 0.223 e. The van der Waals surface area contributed by atoms with Crippen LogP contribution < -0.4 is 24.8 Å². The first-order chi connectivity index (χ1) is 32.1. The standard InChI is InChI=1S/2C23H25Cl2NO2.C8H7ClO2/c2*1-12-10-18(17-9-8-16(28-3)11-19(17)25)22(14-4-6-15(24)7-5-14)21-13(2)26-23(27)20(12)21;1-11-7-3-2-6(5-10)8(9)4-7/h2*4-9,11-13,18,20-22H,10H2,1-3H3,(H,26,27);2-5H,1H3/t12-,13+,18-,20+,21+,22-;12-,13-,18+,20-,21-,22+;/m01./s1. The van der Waals surface area contributed by atoms with Gasteiger partial charge in [-0.05, 0) is 163 Å². The lowest BCUT2D eigenvalue weighted by molar-refractivity contribution is -0.126. The van der Waals surface area contributed by atoms with Crippen LogP contribution in [-0.4, -0.2) is 51.5 Å². The van der Waals surface area contributed by atoms with E-state index in [0.29, 0.717) is 34.5 Å². The van der Waals surface area contributed by atoms with Crippen molar-refractivity contribution in [2.45, 2.75) is 76.3 Å². The van der Waals surface area contributed by atoms with Gasteiger partial charge >= 0.3 is 0 Å². The van der Waals surface area contributed by atoms with Crippen LogP contribution in [0.25, 0.3) is 0 Å². The van der Waals surface area contributed by atoms with Crippen molar-refractivity contribution in [1.29, 1.82) is 0 Å². The molecule has 2 amide bonds. The Kier molecular flexibility index (Phi) is 16.5. The van der Waals surface area contributed by atoms with Gasteiger partial charge in [0.25, 0.3) is 0 Å². The molecule has 2 saturated carbocycles. The summed E-state index contributed by atoms with van der Waals surface area (Å²) in [7, 11) is 4.84. The Bertz CT molecular complexity index is 2410. The van der Waals surface area contributed by atoms with Crippen LogP contribution in [0, 0.1) is 35.5 Å². The minimum absolute atomic E-state index is 0.0314. The van der Waals surface area contributed by atoms with E-state index in [0.717, 1.165) is 55.6 Å². The van der Waals surface area contributed by atoms with Crippen molar-refractivity contribution in [3.05, 3.63) is 156 Å². The molecule has 0 spiro atoms. The Balaban J connectivity index is 0.000000163. The Labute approximate surface area is 419 Å². The molecule has 0 unspecified atom stereocenters. The molecule has 13 heteroatoms. The van der Waals surface area contributed by atoms with Gasteiger partial charge in [-0.15, -0.1) is 0 Å². The summed E-state index contributed by atoms with van der Waals surface area (Å²) in [4.78, 5) is 35.7. The summed E-state index contributed by atoms with van der Waals surface area (Å²) in [5.74, 6) is 4.47. The zero-order valence-corrected chi connectivity index (χ0v) is 42.4. The number of nitrogens with one attached hydrogen (secondary N) is 2. The molecule has 0 aromatic heterocycles. The van der Waals surface area contributed by atoms with E-state index in [4.69, 9.17) is 72.2 Å². The summed E-state index contributed by atoms with van der Waals surface area (Å²) in [5.41, 5.74) is 5.16. The lowest BCUT2D eigenvalue weighted by atomic mass is 9.58. The minimum atomic E-state index is 0.0314. The highest BCUT2D eigenvalue weighted by atomic mass is 35.5. The molecule has 2 aliphatic heterocycles. The maximum atomic E-state index is 12.7. The van der Waals surface area contributed by atoms with Crippen LogP contribution in [0.2, 0.25) is 25.1 Å². The molecule has 0 radical (unpaired) electrons. The molecule has 2 heterocycles. The van der Waals surface area contributed by atoms with Crippen molar-refractivity contribution >= 4 is 76.1 Å². The maximum absolute atomic E-state index is 12.7. The normalized spacial score (nSPS) is 28.2. The number of benzene rings is 5. The van der Waals surface area contributed by atoms with Crippen LogP contribution in [0.4, 0.5) is 0 Å². The SMILES string of the molecule is COc1ccc(C=O)c(Cl)c1.COc1ccc([C@@H]2C[C@@H](C)[C@H]3C(=O)N[C@H](C)[C@H]3[C@H]2c2ccc(Cl)cc2)c(Cl)c1.COc1ccc([C@@H]2C[C@H](C)[C@H]3C(=O)N[C@H](C)[C@H]3[C@H]2c2ccc(Cl)cc2)c(Cl)c1. The van der Waals surface area contributed by atoms with Gasteiger partial charge in [0.15, 0.2) is 6.29 Å². The number of hydrogen-bond donors (Lipinski definition) is 2. The van der Waals surface area contributed by atoms with Crippen molar-refractivity contribution in [3.63, 3.8) is 0 Å². The fourth-order valence-electron chi connectivity index (χ4n) is 11.6. The zero-order chi connectivity index (χ0) is 48.3. The minimum Gasteiger partial charge on any atom is -0.497 e. The number of halogens is 5. The Morgan fingerprint density at radius 3 is 1.18 bits per heavy atom. The van der Waals surface area contributed by atoms with E-state index in [2.05, 4.69) is 74.7 Å². The Morgan fingerprint density at radius 1 is 0.493 bits per heavy atom. The zero-order valence-electron chi connectivity index (χ0n) is 38.6. The van der Waals surface area contributed by atoms with Crippen LogP contribution >= 0.6 is 58.0 Å². The van der Waals surface area contributed by atoms with Gasteiger partial charge in [0.05, 0.1) is 26.4 Å². The van der Waals surface area contributed by atoms with E-state index in [1.165, 1.54) is 11.1 Å². The topological polar surface area (TPSA) is 103 Å². The first-order valence-corrected chi connectivity index (χ1v) is 24.5. The van der Waals surface area contributed by atoms with Gasteiger partial charge in [-0.1, -0.05) is 108 Å². The van der Waals surface area contributed by atoms with E-state index in [1.807, 2.05) is 48.5 Å². The molecule has 4 fully saturated rings. The summed E-state index contributed by atoms with van der Waals surface area (Å²) in [6.45, 7) is 8.63. The molecule has 5 aromatic rings. The van der Waals surface area contributed by atoms with Gasteiger partial charge in [-0.3, -0.25) is 14.4 Å². The number of ether oxygens (including phenoxy) is 3. The largest absolute Gasteiger partial charge is 0.497 e. The highest BCUT2D eigenvalue weighted by molar-refractivity contribution is 6.33. The van der Waals surface area contributed by atoms with Crippen LogP contribution in [-0.2, 0) is 9.59 Å². The molecule has 4 aliphatic rings. The number of hydrogen-bond acceptors (Lipinski definition) is 6. The highest BCUT2D eigenvalue weighted by Crippen LogP contribution is 2.57. The summed E-state index contributed by atoms with van der Waals surface area (Å²) >= 11 is 31.4. The lowest BCUT2D eigenvalue weighted by Gasteiger charge is -2.44.